The molecule has 142 valence electrons. The number of rotatable bonds is 5. The normalized spacial score (nSPS) is 15.2. The van der Waals surface area contributed by atoms with E-state index >= 15 is 0 Å². The number of aliphatic imine (C=N–C) groups is 1. The Morgan fingerprint density at radius 3 is 2.52 bits per heavy atom. The van der Waals surface area contributed by atoms with Crippen LogP contribution < -0.4 is 15.5 Å². The molecule has 25 heavy (non-hydrogen) atoms. The van der Waals surface area contributed by atoms with Gasteiger partial charge in [0.25, 0.3) is 0 Å². The third kappa shape index (κ3) is 6.57. The Labute approximate surface area is 170 Å². The Kier molecular flexibility index (Phi) is 9.39. The number of aromatic nitrogens is 2. The highest BCUT2D eigenvalue weighted by Crippen LogP contribution is 2.19. The number of guanidine groups is 1. The van der Waals surface area contributed by atoms with E-state index in [2.05, 4.69) is 41.7 Å². The zero-order chi connectivity index (χ0) is 17.5. The molecule has 0 atom stereocenters. The lowest BCUT2D eigenvalue weighted by Crippen LogP contribution is -2.54. The van der Waals surface area contributed by atoms with Crippen molar-refractivity contribution in [2.45, 2.75) is 33.2 Å². The Morgan fingerprint density at radius 1 is 1.32 bits per heavy atom. The smallest absolute Gasteiger partial charge is 0.239 e. The molecule has 0 saturated carbocycles. The standard InChI is InChI=1S/C15H27N7OS.HI/c1-5-12-19-15(24-20-12)22-8-6-21(7-9-22)14(16-4)17-10-13(23)18-11(2)3;/h11H,5-10H2,1-4H3,(H,16,17)(H,18,23);1H. The second-order valence-corrected chi connectivity index (χ2v) is 6.67. The lowest BCUT2D eigenvalue weighted by atomic mass is 10.3. The van der Waals surface area contributed by atoms with Crippen LogP contribution in [-0.4, -0.2) is 71.9 Å². The zero-order valence-electron chi connectivity index (χ0n) is 15.3. The van der Waals surface area contributed by atoms with Crippen molar-refractivity contribution in [3.05, 3.63) is 5.82 Å². The lowest BCUT2D eigenvalue weighted by molar-refractivity contribution is -0.120. The van der Waals surface area contributed by atoms with Crippen LogP contribution in [0.2, 0.25) is 0 Å². The summed E-state index contributed by atoms with van der Waals surface area (Å²) in [7, 11) is 1.74. The van der Waals surface area contributed by atoms with E-state index in [0.29, 0.717) is 0 Å². The summed E-state index contributed by atoms with van der Waals surface area (Å²) in [5, 5.41) is 6.99. The van der Waals surface area contributed by atoms with Crippen molar-refractivity contribution in [3.63, 3.8) is 0 Å². The van der Waals surface area contributed by atoms with Gasteiger partial charge in [-0.25, -0.2) is 4.98 Å². The second-order valence-electron chi connectivity index (χ2n) is 5.94. The van der Waals surface area contributed by atoms with Crippen molar-refractivity contribution >= 4 is 52.5 Å². The number of nitrogens with one attached hydrogen (secondary N) is 2. The number of piperazine rings is 1. The molecule has 2 heterocycles. The predicted octanol–water partition coefficient (Wildman–Crippen LogP) is 0.940. The van der Waals surface area contributed by atoms with Gasteiger partial charge in [-0.3, -0.25) is 9.79 Å². The maximum absolute atomic E-state index is 11.8. The van der Waals surface area contributed by atoms with E-state index in [0.717, 1.165) is 49.5 Å². The van der Waals surface area contributed by atoms with Gasteiger partial charge in [-0.2, -0.15) is 4.37 Å². The summed E-state index contributed by atoms with van der Waals surface area (Å²) in [6, 6.07) is 0.143. The molecule has 2 N–H and O–H groups in total. The summed E-state index contributed by atoms with van der Waals surface area (Å²) in [6.45, 7) is 9.62. The van der Waals surface area contributed by atoms with Crippen LogP contribution in [0.4, 0.5) is 5.13 Å². The molecule has 0 aliphatic carbocycles. The van der Waals surface area contributed by atoms with Crippen LogP contribution in [0.25, 0.3) is 0 Å². The van der Waals surface area contributed by atoms with Gasteiger partial charge in [0, 0.05) is 57.2 Å². The number of nitrogens with zero attached hydrogens (tertiary/aromatic N) is 5. The van der Waals surface area contributed by atoms with E-state index in [4.69, 9.17) is 0 Å². The highest BCUT2D eigenvalue weighted by Gasteiger charge is 2.22. The van der Waals surface area contributed by atoms with Gasteiger partial charge in [-0.1, -0.05) is 6.92 Å². The van der Waals surface area contributed by atoms with Crippen LogP contribution in [0.1, 0.15) is 26.6 Å². The molecule has 0 radical (unpaired) electrons. The number of carbonyl (C=O) groups excluding carboxylic acids is 1. The number of hydrogen-bond acceptors (Lipinski definition) is 6. The van der Waals surface area contributed by atoms with E-state index < -0.39 is 0 Å². The average molecular weight is 481 g/mol. The molecule has 1 aliphatic rings. The molecule has 1 fully saturated rings. The van der Waals surface area contributed by atoms with Crippen LogP contribution >= 0.6 is 35.5 Å². The Balaban J connectivity index is 0.00000312. The van der Waals surface area contributed by atoms with Gasteiger partial charge in [-0.05, 0) is 13.8 Å². The minimum atomic E-state index is -0.0225. The van der Waals surface area contributed by atoms with E-state index in [-0.39, 0.29) is 42.5 Å². The Morgan fingerprint density at radius 2 is 2.00 bits per heavy atom. The van der Waals surface area contributed by atoms with Crippen LogP contribution in [0.3, 0.4) is 0 Å². The van der Waals surface area contributed by atoms with Crippen molar-refractivity contribution in [1.82, 2.24) is 24.9 Å². The number of amides is 1. The SMILES string of the molecule is CCc1nsc(N2CCN(C(=NC)NCC(=O)NC(C)C)CC2)n1.I. The van der Waals surface area contributed by atoms with Crippen LogP contribution in [0.15, 0.2) is 4.99 Å². The fourth-order valence-corrected chi connectivity index (χ4v) is 3.29. The Hall–Kier alpha value is -1.17. The summed E-state index contributed by atoms with van der Waals surface area (Å²) < 4.78 is 4.35. The number of aryl methyl sites for hydroxylation is 1. The van der Waals surface area contributed by atoms with E-state index in [1.54, 1.807) is 7.05 Å². The van der Waals surface area contributed by atoms with Gasteiger partial charge in [0.1, 0.15) is 5.82 Å². The summed E-state index contributed by atoms with van der Waals surface area (Å²) in [4.78, 5) is 25.0. The number of anilines is 1. The molecule has 1 saturated heterocycles. The molecule has 0 spiro atoms. The van der Waals surface area contributed by atoms with Crippen molar-refractivity contribution in [3.8, 4) is 0 Å². The van der Waals surface area contributed by atoms with Gasteiger partial charge in [0.2, 0.25) is 11.0 Å². The molecule has 8 nitrogen and oxygen atoms in total. The topological polar surface area (TPSA) is 85.8 Å². The van der Waals surface area contributed by atoms with Crippen LogP contribution in [0, 0.1) is 0 Å². The van der Waals surface area contributed by atoms with E-state index in [1.807, 2.05) is 13.8 Å². The second kappa shape index (κ2) is 10.7. The van der Waals surface area contributed by atoms with Crippen LogP contribution in [0.5, 0.6) is 0 Å². The third-order valence-corrected chi connectivity index (χ3v) is 4.51. The van der Waals surface area contributed by atoms with Crippen molar-refractivity contribution in [1.29, 1.82) is 0 Å². The Bertz CT molecular complexity index is 570. The van der Waals surface area contributed by atoms with Gasteiger partial charge in [0.15, 0.2) is 5.96 Å². The molecule has 0 aromatic carbocycles. The molecule has 1 aliphatic heterocycles. The highest BCUT2D eigenvalue weighted by molar-refractivity contribution is 14.0. The molecule has 0 unspecified atom stereocenters. The van der Waals surface area contributed by atoms with E-state index in [1.165, 1.54) is 11.5 Å². The van der Waals surface area contributed by atoms with Gasteiger partial charge >= 0.3 is 0 Å². The maximum Gasteiger partial charge on any atom is 0.239 e. The maximum atomic E-state index is 11.8. The minimum absolute atomic E-state index is 0. The molecule has 1 aromatic rings. The fourth-order valence-electron chi connectivity index (χ4n) is 2.49. The first-order valence-electron chi connectivity index (χ1n) is 8.36. The molecule has 1 amide bonds. The summed E-state index contributed by atoms with van der Waals surface area (Å²) >= 11 is 1.46. The number of carbonyl (C=O) groups is 1. The fraction of sp³-hybridized carbons (Fsp3) is 0.733. The van der Waals surface area contributed by atoms with Gasteiger partial charge in [-0.15, -0.1) is 24.0 Å². The van der Waals surface area contributed by atoms with Gasteiger partial charge < -0.3 is 20.4 Å². The molecule has 10 heteroatoms. The number of halogens is 1. The summed E-state index contributed by atoms with van der Waals surface area (Å²) in [5.41, 5.74) is 0. The summed E-state index contributed by atoms with van der Waals surface area (Å²) in [5.74, 6) is 1.65. The first-order valence-corrected chi connectivity index (χ1v) is 9.13. The average Bonchev–Trinajstić information content (AvgIpc) is 3.04. The predicted molar refractivity (Wildman–Crippen MR) is 113 cm³/mol. The molecule has 2 rings (SSSR count). The third-order valence-electron chi connectivity index (χ3n) is 3.69. The monoisotopic (exact) mass is 481 g/mol. The van der Waals surface area contributed by atoms with Crippen molar-refractivity contribution < 1.29 is 4.79 Å². The van der Waals surface area contributed by atoms with E-state index in [9.17, 15) is 4.79 Å². The van der Waals surface area contributed by atoms with Crippen LogP contribution in [-0.2, 0) is 11.2 Å². The molecule has 0 bridgehead atoms. The van der Waals surface area contributed by atoms with Crippen molar-refractivity contribution in [2.75, 3.05) is 44.7 Å². The summed E-state index contributed by atoms with van der Waals surface area (Å²) in [6.07, 6.45) is 0.867. The molecular formula is C15H28IN7OS. The first kappa shape index (κ1) is 21.9. The molecule has 1 aromatic heterocycles. The highest BCUT2D eigenvalue weighted by atomic mass is 127. The zero-order valence-corrected chi connectivity index (χ0v) is 18.4. The molecular weight excluding hydrogens is 453 g/mol. The quantitative estimate of drug-likeness (QED) is 0.370. The van der Waals surface area contributed by atoms with Gasteiger partial charge in [0.05, 0.1) is 6.54 Å². The van der Waals surface area contributed by atoms with Crippen molar-refractivity contribution in [2.24, 2.45) is 4.99 Å². The first-order chi connectivity index (χ1) is 11.5. The lowest BCUT2D eigenvalue weighted by Gasteiger charge is -2.36. The minimum Gasteiger partial charge on any atom is -0.352 e. The largest absolute Gasteiger partial charge is 0.352 e. The number of hydrogen-bond donors (Lipinski definition) is 2.